The molecule has 0 aromatic heterocycles. The number of hydrogen-bond donors (Lipinski definition) is 0. The van der Waals surface area contributed by atoms with E-state index in [2.05, 4.69) is 90.9 Å². The van der Waals surface area contributed by atoms with Gasteiger partial charge in [0.05, 0.1) is 6.54 Å². The number of nitrogens with zero attached hydrogens (tertiary/aromatic N) is 5. The number of allylic oxidation sites excluding steroid dienone is 6. The summed E-state index contributed by atoms with van der Waals surface area (Å²) in [6, 6.07) is 2.54. The van der Waals surface area contributed by atoms with Crippen LogP contribution in [-0.4, -0.2) is 92.6 Å². The van der Waals surface area contributed by atoms with Gasteiger partial charge in [-0.25, -0.2) is 0 Å². The lowest BCUT2D eigenvalue weighted by molar-refractivity contribution is 0.331. The second kappa shape index (κ2) is 35.4. The quantitative estimate of drug-likeness (QED) is 0.283. The van der Waals surface area contributed by atoms with Gasteiger partial charge < -0.3 is 14.7 Å². The second-order valence-corrected chi connectivity index (χ2v) is 10.4. The van der Waals surface area contributed by atoms with Crippen molar-refractivity contribution in [2.75, 3.05) is 47.3 Å². The maximum atomic E-state index is 3.85. The van der Waals surface area contributed by atoms with Crippen LogP contribution >= 0.6 is 0 Å². The Morgan fingerprint density at radius 3 is 1.07 bits per heavy atom. The smallest absolute Gasteiger partial charge is 0.0573 e. The highest BCUT2D eigenvalue weighted by atomic mass is 15.1. The standard InChI is InChI=1S/3C6H13N.C5H6.2C4H5N.3C2H6/c3*1-6-4-3-5-7(6)2;3*1-2-4-5-3-1;3*1-2/h3*6H,3-5H2,1-2H3;1-4H,5H2;1,3-4H,2H2;1-3H,4H2;3*1-2H3. The van der Waals surface area contributed by atoms with Gasteiger partial charge in [-0.2, -0.15) is 0 Å². The van der Waals surface area contributed by atoms with Crippen LogP contribution in [0.15, 0.2) is 58.7 Å². The maximum absolute atomic E-state index is 3.85. The van der Waals surface area contributed by atoms with Gasteiger partial charge in [-0.15, -0.1) is 0 Å². The summed E-state index contributed by atoms with van der Waals surface area (Å²) < 4.78 is 0. The van der Waals surface area contributed by atoms with Crippen LogP contribution in [0, 0.1) is 0 Å². The summed E-state index contributed by atoms with van der Waals surface area (Å²) in [6.45, 7) is 23.7. The van der Waals surface area contributed by atoms with Crippen molar-refractivity contribution in [1.82, 2.24) is 14.7 Å². The van der Waals surface area contributed by atoms with Crippen molar-refractivity contribution >= 4 is 12.4 Å². The van der Waals surface area contributed by atoms with E-state index in [9.17, 15) is 0 Å². The third-order valence-electron chi connectivity index (χ3n) is 7.39. The van der Waals surface area contributed by atoms with E-state index in [1.54, 1.807) is 12.4 Å². The Labute approximate surface area is 264 Å². The summed E-state index contributed by atoms with van der Waals surface area (Å²) in [5, 5.41) is 0. The molecule has 3 saturated heterocycles. The molecular formula is C37H73N5. The predicted octanol–water partition coefficient (Wildman–Crippen LogP) is 9.48. The van der Waals surface area contributed by atoms with Crippen molar-refractivity contribution in [3.63, 3.8) is 0 Å². The topological polar surface area (TPSA) is 34.4 Å². The molecule has 3 unspecified atom stereocenters. The van der Waals surface area contributed by atoms with Crippen LogP contribution < -0.4 is 0 Å². The molecule has 1 aliphatic carbocycles. The molecule has 42 heavy (non-hydrogen) atoms. The maximum Gasteiger partial charge on any atom is 0.0573 e. The van der Waals surface area contributed by atoms with Gasteiger partial charge in [0.15, 0.2) is 0 Å². The van der Waals surface area contributed by atoms with Gasteiger partial charge in [-0.05, 0) is 113 Å². The van der Waals surface area contributed by atoms with E-state index in [0.717, 1.165) is 37.5 Å². The lowest BCUT2D eigenvalue weighted by Crippen LogP contribution is -2.20. The molecule has 0 spiro atoms. The first-order valence-corrected chi connectivity index (χ1v) is 17.2. The lowest BCUT2D eigenvalue weighted by Gasteiger charge is -2.12. The molecule has 3 fully saturated rings. The lowest BCUT2D eigenvalue weighted by atomic mass is 10.3. The van der Waals surface area contributed by atoms with E-state index in [4.69, 9.17) is 0 Å². The zero-order valence-corrected chi connectivity index (χ0v) is 30.2. The van der Waals surface area contributed by atoms with E-state index in [1.165, 1.54) is 58.2 Å². The van der Waals surface area contributed by atoms with Gasteiger partial charge in [-0.3, -0.25) is 9.98 Å². The van der Waals surface area contributed by atoms with Gasteiger partial charge in [0.2, 0.25) is 0 Å². The molecule has 0 N–H and O–H groups in total. The van der Waals surface area contributed by atoms with Crippen molar-refractivity contribution < 1.29 is 0 Å². The van der Waals surface area contributed by atoms with Crippen LogP contribution in [0.1, 0.15) is 114 Å². The molecule has 5 heterocycles. The molecule has 0 aromatic carbocycles. The average molecular weight is 588 g/mol. The Morgan fingerprint density at radius 2 is 0.976 bits per heavy atom. The van der Waals surface area contributed by atoms with E-state index >= 15 is 0 Å². The van der Waals surface area contributed by atoms with Crippen LogP contribution in [0.4, 0.5) is 0 Å². The molecule has 5 aliphatic heterocycles. The Balaban J connectivity index is -0.000000421. The van der Waals surface area contributed by atoms with Gasteiger partial charge in [0, 0.05) is 43.2 Å². The van der Waals surface area contributed by atoms with Gasteiger partial charge in [0.1, 0.15) is 0 Å². The number of likely N-dealkylation sites (tertiary alicyclic amines) is 3. The third-order valence-corrected chi connectivity index (χ3v) is 7.39. The number of aliphatic imine (C=N–C) groups is 2. The summed E-state index contributed by atoms with van der Waals surface area (Å²) >= 11 is 0. The normalized spacial score (nSPS) is 23.9. The summed E-state index contributed by atoms with van der Waals surface area (Å²) in [5.41, 5.74) is 0. The van der Waals surface area contributed by atoms with Gasteiger partial charge >= 0.3 is 0 Å². The molecule has 5 nitrogen and oxygen atoms in total. The van der Waals surface area contributed by atoms with Gasteiger partial charge in [-0.1, -0.05) is 78.0 Å². The summed E-state index contributed by atoms with van der Waals surface area (Å²) in [5.74, 6) is 0. The molecule has 0 radical (unpaired) electrons. The summed E-state index contributed by atoms with van der Waals surface area (Å²) in [6.07, 6.45) is 30.4. The zero-order chi connectivity index (χ0) is 32.4. The van der Waals surface area contributed by atoms with Crippen LogP contribution in [0.2, 0.25) is 0 Å². The summed E-state index contributed by atoms with van der Waals surface area (Å²) in [7, 11) is 6.58. The average Bonchev–Trinajstić information content (AvgIpc) is 3.88. The number of rotatable bonds is 0. The Morgan fingerprint density at radius 1 is 0.548 bits per heavy atom. The SMILES string of the molecule is C1=CCC=C1.C1=CCN=C1.C1=CN=CC1.CC.CC.CC.CC1CCCN1C.CC1CCCN1C.CC1CCCN1C. The van der Waals surface area contributed by atoms with E-state index in [-0.39, 0.29) is 0 Å². The van der Waals surface area contributed by atoms with Crippen molar-refractivity contribution in [3.8, 4) is 0 Å². The van der Waals surface area contributed by atoms with E-state index in [0.29, 0.717) is 0 Å². The van der Waals surface area contributed by atoms with Crippen molar-refractivity contribution in [2.24, 2.45) is 9.98 Å². The highest BCUT2D eigenvalue weighted by Crippen LogP contribution is 2.13. The van der Waals surface area contributed by atoms with Crippen molar-refractivity contribution in [3.05, 3.63) is 48.7 Å². The molecule has 3 atom stereocenters. The molecular weight excluding hydrogens is 514 g/mol. The fourth-order valence-electron chi connectivity index (χ4n) is 4.23. The largest absolute Gasteiger partial charge is 0.304 e. The molecule has 246 valence electrons. The first-order valence-electron chi connectivity index (χ1n) is 17.2. The van der Waals surface area contributed by atoms with E-state index < -0.39 is 0 Å². The fraction of sp³-hybridized carbons (Fsp3) is 0.730. The predicted molar refractivity (Wildman–Crippen MR) is 196 cm³/mol. The van der Waals surface area contributed by atoms with Crippen molar-refractivity contribution in [2.45, 2.75) is 132 Å². The minimum absolute atomic E-state index is 0.847. The molecule has 0 saturated carbocycles. The Hall–Kier alpha value is -1.82. The van der Waals surface area contributed by atoms with Crippen LogP contribution in [0.25, 0.3) is 0 Å². The van der Waals surface area contributed by atoms with Crippen LogP contribution in [-0.2, 0) is 0 Å². The number of hydrogen-bond acceptors (Lipinski definition) is 5. The highest BCUT2D eigenvalue weighted by Gasteiger charge is 2.15. The molecule has 5 heteroatoms. The van der Waals surface area contributed by atoms with Gasteiger partial charge in [0.25, 0.3) is 0 Å². The molecule has 0 amide bonds. The third kappa shape index (κ3) is 28.3. The molecule has 0 bridgehead atoms. The Bertz CT molecular complexity index is 558. The molecule has 6 aliphatic rings. The second-order valence-electron chi connectivity index (χ2n) is 10.4. The zero-order valence-electron chi connectivity index (χ0n) is 30.2. The molecule has 6 rings (SSSR count). The van der Waals surface area contributed by atoms with Crippen LogP contribution in [0.5, 0.6) is 0 Å². The minimum atomic E-state index is 0.847. The first kappa shape index (κ1) is 44.6. The minimum Gasteiger partial charge on any atom is -0.304 e. The monoisotopic (exact) mass is 588 g/mol. The van der Waals surface area contributed by atoms with Crippen molar-refractivity contribution in [1.29, 1.82) is 0 Å². The highest BCUT2D eigenvalue weighted by molar-refractivity contribution is 5.73. The van der Waals surface area contributed by atoms with E-state index in [1.807, 2.05) is 66.0 Å². The summed E-state index contributed by atoms with van der Waals surface area (Å²) in [4.78, 5) is 14.8. The first-order chi connectivity index (χ1) is 20.4. The van der Waals surface area contributed by atoms with Crippen LogP contribution in [0.3, 0.4) is 0 Å². The fourth-order valence-corrected chi connectivity index (χ4v) is 4.23. The molecule has 0 aromatic rings. The Kier molecular flexibility index (Phi) is 37.6.